The van der Waals surface area contributed by atoms with Gasteiger partial charge in [0.2, 0.25) is 10.0 Å². The standard InChI is InChI=1S/C13H13N3O4S/c14-21(19,20)13-4-2-1-3-12(13)15-9-10-5-7-11(8-6-10)16(17)18/h1-8,15H,9H2,(H2,14,19,20). The van der Waals surface area contributed by atoms with Gasteiger partial charge < -0.3 is 5.32 Å². The van der Waals surface area contributed by atoms with Crippen molar-refractivity contribution in [1.82, 2.24) is 0 Å². The van der Waals surface area contributed by atoms with E-state index < -0.39 is 14.9 Å². The van der Waals surface area contributed by atoms with E-state index in [1.54, 1.807) is 30.3 Å². The highest BCUT2D eigenvalue weighted by atomic mass is 32.2. The lowest BCUT2D eigenvalue weighted by Gasteiger charge is -2.10. The Labute approximate surface area is 121 Å². The third kappa shape index (κ3) is 3.77. The van der Waals surface area contributed by atoms with Crippen LogP contribution in [0.1, 0.15) is 5.56 Å². The van der Waals surface area contributed by atoms with Gasteiger partial charge in [0.15, 0.2) is 0 Å². The Morgan fingerprint density at radius 3 is 2.29 bits per heavy atom. The summed E-state index contributed by atoms with van der Waals surface area (Å²) < 4.78 is 22.9. The molecule has 0 radical (unpaired) electrons. The van der Waals surface area contributed by atoms with E-state index >= 15 is 0 Å². The van der Waals surface area contributed by atoms with Gasteiger partial charge in [0, 0.05) is 18.7 Å². The molecule has 7 nitrogen and oxygen atoms in total. The molecule has 0 aliphatic carbocycles. The third-order valence-corrected chi connectivity index (χ3v) is 3.79. The average molecular weight is 307 g/mol. The zero-order valence-electron chi connectivity index (χ0n) is 10.9. The molecular weight excluding hydrogens is 294 g/mol. The van der Waals surface area contributed by atoms with Crippen molar-refractivity contribution in [2.24, 2.45) is 5.14 Å². The van der Waals surface area contributed by atoms with Gasteiger partial charge in [-0.3, -0.25) is 10.1 Å². The SMILES string of the molecule is NS(=O)(=O)c1ccccc1NCc1ccc([N+](=O)[O-])cc1. The van der Waals surface area contributed by atoms with Crippen LogP contribution in [-0.2, 0) is 16.6 Å². The van der Waals surface area contributed by atoms with Crippen LogP contribution in [0.25, 0.3) is 0 Å². The third-order valence-electron chi connectivity index (χ3n) is 2.82. The summed E-state index contributed by atoms with van der Waals surface area (Å²) in [4.78, 5) is 10.1. The van der Waals surface area contributed by atoms with Gasteiger partial charge in [-0.1, -0.05) is 24.3 Å². The molecule has 8 heteroatoms. The van der Waals surface area contributed by atoms with E-state index in [1.165, 1.54) is 18.2 Å². The number of nitrogens with one attached hydrogen (secondary N) is 1. The molecule has 0 aliphatic heterocycles. The number of hydrogen-bond acceptors (Lipinski definition) is 5. The van der Waals surface area contributed by atoms with Crippen molar-refractivity contribution in [3.63, 3.8) is 0 Å². The maximum atomic E-state index is 11.4. The Bertz CT molecular complexity index is 757. The van der Waals surface area contributed by atoms with Gasteiger partial charge in [-0.05, 0) is 17.7 Å². The van der Waals surface area contributed by atoms with Crippen molar-refractivity contribution in [3.8, 4) is 0 Å². The first-order valence-corrected chi connectivity index (χ1v) is 7.51. The number of benzene rings is 2. The predicted octanol–water partition coefficient (Wildman–Crippen LogP) is 1.85. The van der Waals surface area contributed by atoms with Crippen LogP contribution < -0.4 is 10.5 Å². The molecule has 0 bridgehead atoms. The Morgan fingerprint density at radius 1 is 1.10 bits per heavy atom. The number of sulfonamides is 1. The van der Waals surface area contributed by atoms with Gasteiger partial charge in [0.25, 0.3) is 5.69 Å². The van der Waals surface area contributed by atoms with E-state index in [0.717, 1.165) is 5.56 Å². The second kappa shape index (κ2) is 5.90. The fraction of sp³-hybridized carbons (Fsp3) is 0.0769. The van der Waals surface area contributed by atoms with Gasteiger partial charge >= 0.3 is 0 Å². The molecule has 2 rings (SSSR count). The molecule has 2 aromatic rings. The van der Waals surface area contributed by atoms with Crippen molar-refractivity contribution in [2.45, 2.75) is 11.4 Å². The number of non-ortho nitro benzene ring substituents is 1. The fourth-order valence-electron chi connectivity index (χ4n) is 1.79. The molecule has 0 saturated carbocycles. The van der Waals surface area contributed by atoms with Gasteiger partial charge in [0.05, 0.1) is 10.6 Å². The summed E-state index contributed by atoms with van der Waals surface area (Å²) in [6.45, 7) is 0.324. The predicted molar refractivity (Wildman–Crippen MR) is 78.2 cm³/mol. The van der Waals surface area contributed by atoms with Crippen LogP contribution in [0.3, 0.4) is 0 Å². The molecule has 0 heterocycles. The first kappa shape index (κ1) is 14.9. The molecule has 110 valence electrons. The maximum absolute atomic E-state index is 11.4. The van der Waals surface area contributed by atoms with E-state index in [1.807, 2.05) is 0 Å². The fourth-order valence-corrected chi connectivity index (χ4v) is 2.51. The molecular formula is C13H13N3O4S. The average Bonchev–Trinajstić information content (AvgIpc) is 2.45. The Balaban J connectivity index is 2.15. The summed E-state index contributed by atoms with van der Waals surface area (Å²) >= 11 is 0. The number of nitro benzene ring substituents is 1. The van der Waals surface area contributed by atoms with E-state index in [0.29, 0.717) is 12.2 Å². The molecule has 21 heavy (non-hydrogen) atoms. The first-order valence-electron chi connectivity index (χ1n) is 5.97. The summed E-state index contributed by atoms with van der Waals surface area (Å²) in [7, 11) is -3.81. The van der Waals surface area contributed by atoms with Crippen LogP contribution >= 0.6 is 0 Å². The maximum Gasteiger partial charge on any atom is 0.269 e. The second-order valence-corrected chi connectivity index (χ2v) is 5.85. The minimum atomic E-state index is -3.81. The summed E-state index contributed by atoms with van der Waals surface area (Å²) in [5.41, 5.74) is 1.17. The van der Waals surface area contributed by atoms with Gasteiger partial charge in [-0.25, -0.2) is 13.6 Å². The quantitative estimate of drug-likeness (QED) is 0.646. The zero-order chi connectivity index (χ0) is 15.5. The Morgan fingerprint density at radius 2 is 1.71 bits per heavy atom. The van der Waals surface area contributed by atoms with Crippen molar-refractivity contribution in [1.29, 1.82) is 0 Å². The zero-order valence-corrected chi connectivity index (χ0v) is 11.7. The summed E-state index contributed by atoms with van der Waals surface area (Å²) in [5.74, 6) is 0. The van der Waals surface area contributed by atoms with Crippen molar-refractivity contribution >= 4 is 21.4 Å². The summed E-state index contributed by atoms with van der Waals surface area (Å²) in [6, 6.07) is 12.3. The van der Waals surface area contributed by atoms with Crippen molar-refractivity contribution < 1.29 is 13.3 Å². The monoisotopic (exact) mass is 307 g/mol. The normalized spacial score (nSPS) is 11.1. The highest BCUT2D eigenvalue weighted by Crippen LogP contribution is 2.20. The molecule has 0 fully saturated rings. The lowest BCUT2D eigenvalue weighted by molar-refractivity contribution is -0.384. The van der Waals surface area contributed by atoms with Crippen molar-refractivity contribution in [2.75, 3.05) is 5.32 Å². The highest BCUT2D eigenvalue weighted by molar-refractivity contribution is 7.89. The molecule has 0 atom stereocenters. The number of rotatable bonds is 5. The molecule has 3 N–H and O–H groups in total. The van der Waals surface area contributed by atoms with Crippen LogP contribution in [0.2, 0.25) is 0 Å². The van der Waals surface area contributed by atoms with E-state index in [-0.39, 0.29) is 10.6 Å². The smallest absolute Gasteiger partial charge is 0.269 e. The van der Waals surface area contributed by atoms with Crippen LogP contribution in [0.15, 0.2) is 53.4 Å². The number of primary sulfonamides is 1. The van der Waals surface area contributed by atoms with E-state index in [4.69, 9.17) is 5.14 Å². The topological polar surface area (TPSA) is 115 Å². The molecule has 2 aromatic carbocycles. The largest absolute Gasteiger partial charge is 0.380 e. The lowest BCUT2D eigenvalue weighted by Crippen LogP contribution is -2.15. The number of para-hydroxylation sites is 1. The van der Waals surface area contributed by atoms with Crippen LogP contribution in [-0.4, -0.2) is 13.3 Å². The van der Waals surface area contributed by atoms with Gasteiger partial charge in [-0.15, -0.1) is 0 Å². The minimum Gasteiger partial charge on any atom is -0.380 e. The molecule has 0 amide bonds. The molecule has 0 aliphatic rings. The Hall–Kier alpha value is -2.45. The molecule has 0 spiro atoms. The van der Waals surface area contributed by atoms with Crippen LogP contribution in [0.5, 0.6) is 0 Å². The molecule has 0 saturated heterocycles. The van der Waals surface area contributed by atoms with Crippen molar-refractivity contribution in [3.05, 3.63) is 64.2 Å². The number of hydrogen-bond donors (Lipinski definition) is 2. The first-order chi connectivity index (χ1) is 9.88. The van der Waals surface area contributed by atoms with Gasteiger partial charge in [0.1, 0.15) is 4.90 Å². The number of nitrogens with two attached hydrogens (primary N) is 1. The number of anilines is 1. The minimum absolute atomic E-state index is 0.00341. The summed E-state index contributed by atoms with van der Waals surface area (Å²) in [6.07, 6.45) is 0. The van der Waals surface area contributed by atoms with Gasteiger partial charge in [-0.2, -0.15) is 0 Å². The lowest BCUT2D eigenvalue weighted by atomic mass is 10.2. The van der Waals surface area contributed by atoms with E-state index in [9.17, 15) is 18.5 Å². The number of nitrogens with zero attached hydrogens (tertiary/aromatic N) is 1. The van der Waals surface area contributed by atoms with Crippen LogP contribution in [0.4, 0.5) is 11.4 Å². The Kier molecular flexibility index (Phi) is 4.20. The summed E-state index contributed by atoms with van der Waals surface area (Å²) in [5, 5.41) is 18.6. The highest BCUT2D eigenvalue weighted by Gasteiger charge is 2.12. The van der Waals surface area contributed by atoms with E-state index in [2.05, 4.69) is 5.32 Å². The number of nitro groups is 1. The molecule has 0 aromatic heterocycles. The molecule has 0 unspecified atom stereocenters. The second-order valence-electron chi connectivity index (χ2n) is 4.32. The van der Waals surface area contributed by atoms with Crippen LogP contribution in [0, 0.1) is 10.1 Å².